The number of alkyl halides is 3. The summed E-state index contributed by atoms with van der Waals surface area (Å²) in [6.07, 6.45) is 2.35. The summed E-state index contributed by atoms with van der Waals surface area (Å²) in [7, 11) is -3.17. The fraction of sp³-hybridized carbons (Fsp3) is 0.708. The number of hydrogen-bond donors (Lipinski definition) is 0. The van der Waals surface area contributed by atoms with Crippen LogP contribution in [0.2, 0.25) is 0 Å². The van der Waals surface area contributed by atoms with Crippen LogP contribution < -0.4 is 4.90 Å². The van der Waals surface area contributed by atoms with E-state index in [2.05, 4.69) is 4.98 Å². The molecule has 0 radical (unpaired) electrons. The minimum absolute atomic E-state index is 0.0253. The molecule has 0 spiro atoms. The molecule has 0 N–H and O–H groups in total. The van der Waals surface area contributed by atoms with E-state index in [0.717, 1.165) is 44.4 Å². The van der Waals surface area contributed by atoms with Gasteiger partial charge in [-0.2, -0.15) is 13.2 Å². The van der Waals surface area contributed by atoms with Crippen molar-refractivity contribution in [3.05, 3.63) is 23.9 Å². The second kappa shape index (κ2) is 10.9. The molecular formula is C24H32F3N3O5S. The molecule has 4 rings (SSSR count). The van der Waals surface area contributed by atoms with Crippen LogP contribution in [0.5, 0.6) is 0 Å². The lowest BCUT2D eigenvalue weighted by Gasteiger charge is -2.38. The molecular weight excluding hydrogens is 499 g/mol. The number of pyridine rings is 1. The summed E-state index contributed by atoms with van der Waals surface area (Å²) in [6, 6.07) is 1.91. The van der Waals surface area contributed by atoms with E-state index in [-0.39, 0.29) is 29.5 Å². The number of sulfone groups is 1. The lowest BCUT2D eigenvalue weighted by atomic mass is 9.93. The number of nitrogens with zero attached hydrogens (tertiary/aromatic N) is 3. The highest BCUT2D eigenvalue weighted by Gasteiger charge is 2.39. The molecule has 8 nitrogen and oxygen atoms in total. The fourth-order valence-corrected chi connectivity index (χ4v) is 7.18. The number of aromatic nitrogens is 1. The molecule has 36 heavy (non-hydrogen) atoms. The molecule has 1 aliphatic carbocycles. The highest BCUT2D eigenvalue weighted by molar-refractivity contribution is 7.91. The summed E-state index contributed by atoms with van der Waals surface area (Å²) in [5.41, 5.74) is -0.813. The lowest BCUT2D eigenvalue weighted by Crippen LogP contribution is -2.50. The van der Waals surface area contributed by atoms with E-state index >= 15 is 0 Å². The van der Waals surface area contributed by atoms with Crippen molar-refractivity contribution in [1.29, 1.82) is 0 Å². The van der Waals surface area contributed by atoms with Crippen LogP contribution in [0, 0.1) is 5.92 Å². The first-order valence-corrected chi connectivity index (χ1v) is 14.3. The maximum atomic E-state index is 13.1. The van der Waals surface area contributed by atoms with Gasteiger partial charge in [0.05, 0.1) is 23.0 Å². The summed E-state index contributed by atoms with van der Waals surface area (Å²) < 4.78 is 67.7. The Labute approximate surface area is 209 Å². The molecule has 1 saturated carbocycles. The van der Waals surface area contributed by atoms with E-state index < -0.39 is 40.1 Å². The number of halogens is 3. The van der Waals surface area contributed by atoms with Gasteiger partial charge in [0.2, 0.25) is 0 Å². The molecule has 2 saturated heterocycles. The number of esters is 1. The SMILES string of the molecule is O=C(OCC(=O)N(C1CCCCC1)[C@H]1CCS(=O)(=O)C1)C1CCN(c2ccc(C(F)(F)F)cn2)CC1. The first kappa shape index (κ1) is 26.7. The van der Waals surface area contributed by atoms with Crippen molar-refractivity contribution in [1.82, 2.24) is 9.88 Å². The Bertz CT molecular complexity index is 1030. The number of amides is 1. The van der Waals surface area contributed by atoms with Crippen LogP contribution in [0.3, 0.4) is 0 Å². The summed E-state index contributed by atoms with van der Waals surface area (Å²) in [4.78, 5) is 33.2. The lowest BCUT2D eigenvalue weighted by molar-refractivity contribution is -0.158. The van der Waals surface area contributed by atoms with Gasteiger partial charge < -0.3 is 14.5 Å². The zero-order chi connectivity index (χ0) is 25.9. The first-order chi connectivity index (χ1) is 17.0. The molecule has 0 bridgehead atoms. The predicted molar refractivity (Wildman–Crippen MR) is 126 cm³/mol. The van der Waals surface area contributed by atoms with Gasteiger partial charge in [0.15, 0.2) is 16.4 Å². The Hall–Kier alpha value is -2.37. The van der Waals surface area contributed by atoms with Gasteiger partial charge in [0.25, 0.3) is 5.91 Å². The van der Waals surface area contributed by atoms with Crippen LogP contribution in [-0.4, -0.2) is 73.5 Å². The van der Waals surface area contributed by atoms with E-state index in [4.69, 9.17) is 4.74 Å². The molecule has 0 unspecified atom stereocenters. The van der Waals surface area contributed by atoms with Gasteiger partial charge in [-0.3, -0.25) is 9.59 Å². The van der Waals surface area contributed by atoms with Gasteiger partial charge in [-0.1, -0.05) is 19.3 Å². The predicted octanol–water partition coefficient (Wildman–Crippen LogP) is 3.21. The standard InChI is InChI=1S/C24H32F3N3O5S/c25-24(26,27)18-6-7-21(28-14-18)29-11-8-17(9-12-29)23(32)35-15-22(31)30(19-4-2-1-3-5-19)20-10-13-36(33,34)16-20/h6-7,14,17,19-20H,1-5,8-13,15-16H2/t20-/m0/s1. The van der Waals surface area contributed by atoms with Crippen LogP contribution in [0.25, 0.3) is 0 Å². The van der Waals surface area contributed by atoms with Gasteiger partial charge in [-0.05, 0) is 44.2 Å². The fourth-order valence-electron chi connectivity index (χ4n) is 5.47. The molecule has 0 aromatic carbocycles. The minimum Gasteiger partial charge on any atom is -0.455 e. The summed E-state index contributed by atoms with van der Waals surface area (Å²) in [6.45, 7) is 0.451. The van der Waals surface area contributed by atoms with Gasteiger partial charge in [-0.15, -0.1) is 0 Å². The van der Waals surface area contributed by atoms with Gasteiger partial charge >= 0.3 is 12.1 Å². The Kier molecular flexibility index (Phi) is 8.11. The number of rotatable bonds is 6. The molecule has 1 amide bonds. The topological polar surface area (TPSA) is 96.9 Å². The Morgan fingerprint density at radius 2 is 1.72 bits per heavy atom. The number of ether oxygens (including phenoxy) is 1. The molecule has 12 heteroatoms. The maximum absolute atomic E-state index is 13.1. The van der Waals surface area contributed by atoms with Crippen molar-refractivity contribution < 1.29 is 35.9 Å². The molecule has 1 aromatic heterocycles. The van der Waals surface area contributed by atoms with Crippen molar-refractivity contribution in [2.45, 2.75) is 69.6 Å². The van der Waals surface area contributed by atoms with Crippen molar-refractivity contribution in [2.75, 3.05) is 36.1 Å². The highest BCUT2D eigenvalue weighted by Crippen LogP contribution is 2.31. The van der Waals surface area contributed by atoms with E-state index in [0.29, 0.717) is 38.2 Å². The van der Waals surface area contributed by atoms with Crippen LogP contribution >= 0.6 is 0 Å². The second-order valence-electron chi connectivity index (χ2n) is 9.92. The Morgan fingerprint density at radius 3 is 2.28 bits per heavy atom. The third-order valence-electron chi connectivity index (χ3n) is 7.42. The van der Waals surface area contributed by atoms with Crippen molar-refractivity contribution in [3.8, 4) is 0 Å². The minimum atomic E-state index is -4.45. The molecule has 1 atom stereocenters. The molecule has 1 aromatic rings. The molecule has 3 aliphatic rings. The molecule has 3 fully saturated rings. The van der Waals surface area contributed by atoms with Crippen molar-refractivity contribution in [3.63, 3.8) is 0 Å². The largest absolute Gasteiger partial charge is 0.455 e. The van der Waals surface area contributed by atoms with Gasteiger partial charge in [0, 0.05) is 31.4 Å². The first-order valence-electron chi connectivity index (χ1n) is 12.5. The average Bonchev–Trinajstić information content (AvgIpc) is 3.22. The zero-order valence-electron chi connectivity index (χ0n) is 20.1. The van der Waals surface area contributed by atoms with E-state index in [1.165, 1.54) is 6.07 Å². The van der Waals surface area contributed by atoms with Crippen LogP contribution in [-0.2, 0) is 30.3 Å². The zero-order valence-corrected chi connectivity index (χ0v) is 20.9. The normalized spacial score (nSPS) is 23.4. The summed E-state index contributed by atoms with van der Waals surface area (Å²) in [5.74, 6) is -0.798. The van der Waals surface area contributed by atoms with E-state index in [1.807, 2.05) is 4.90 Å². The highest BCUT2D eigenvalue weighted by atomic mass is 32.2. The number of hydrogen-bond acceptors (Lipinski definition) is 7. The number of carbonyl (C=O) groups excluding carboxylic acids is 2. The Balaban J connectivity index is 1.29. The smallest absolute Gasteiger partial charge is 0.417 e. The summed E-state index contributed by atoms with van der Waals surface area (Å²) >= 11 is 0. The van der Waals surface area contributed by atoms with Crippen LogP contribution in [0.4, 0.5) is 19.0 Å². The molecule has 3 heterocycles. The third-order valence-corrected chi connectivity index (χ3v) is 9.17. The van der Waals surface area contributed by atoms with E-state index in [1.54, 1.807) is 4.90 Å². The number of carbonyl (C=O) groups is 2. The quantitative estimate of drug-likeness (QED) is 0.520. The monoisotopic (exact) mass is 531 g/mol. The van der Waals surface area contributed by atoms with Gasteiger partial charge in [0.1, 0.15) is 5.82 Å². The second-order valence-corrected chi connectivity index (χ2v) is 12.2. The summed E-state index contributed by atoms with van der Waals surface area (Å²) in [5, 5.41) is 0. The number of anilines is 1. The third kappa shape index (κ3) is 6.49. The average molecular weight is 532 g/mol. The number of piperidine rings is 1. The molecule has 200 valence electrons. The van der Waals surface area contributed by atoms with E-state index in [9.17, 15) is 31.2 Å². The van der Waals surface area contributed by atoms with Crippen molar-refractivity contribution in [2.24, 2.45) is 5.92 Å². The Morgan fingerprint density at radius 1 is 1.03 bits per heavy atom. The van der Waals surface area contributed by atoms with Crippen LogP contribution in [0.1, 0.15) is 56.9 Å². The van der Waals surface area contributed by atoms with Crippen molar-refractivity contribution >= 4 is 27.5 Å². The van der Waals surface area contributed by atoms with Gasteiger partial charge in [-0.25, -0.2) is 13.4 Å². The molecule has 2 aliphatic heterocycles. The maximum Gasteiger partial charge on any atom is 0.417 e. The van der Waals surface area contributed by atoms with Crippen LogP contribution in [0.15, 0.2) is 18.3 Å².